The summed E-state index contributed by atoms with van der Waals surface area (Å²) in [4.78, 5) is 0. The third kappa shape index (κ3) is 5.34. The molecule has 1 aromatic carbocycles. The highest BCUT2D eigenvalue weighted by atomic mass is 28.4. The van der Waals surface area contributed by atoms with Crippen molar-refractivity contribution < 1.29 is 13.6 Å². The lowest BCUT2D eigenvalue weighted by atomic mass is 10.1. The van der Waals surface area contributed by atoms with E-state index in [0.717, 1.165) is 12.2 Å². The molecule has 0 atom stereocenters. The first-order valence-corrected chi connectivity index (χ1v) is 9.81. The summed E-state index contributed by atoms with van der Waals surface area (Å²) < 4.78 is 17.3. The van der Waals surface area contributed by atoms with Gasteiger partial charge in [0.15, 0.2) is 0 Å². The van der Waals surface area contributed by atoms with Crippen molar-refractivity contribution in [2.45, 2.75) is 40.3 Å². The van der Waals surface area contributed by atoms with Crippen LogP contribution in [-0.2, 0) is 15.3 Å². The maximum atomic E-state index is 5.87. The van der Waals surface area contributed by atoms with Gasteiger partial charge in [0.1, 0.15) is 12.4 Å². The SMILES string of the molecule is CCO[Si](C)(C)OCCOc1c(C)cccc1CC. The average Bonchev–Trinajstić information content (AvgIpc) is 2.35. The Kier molecular flexibility index (Phi) is 6.55. The molecule has 0 spiro atoms. The lowest BCUT2D eigenvalue weighted by Crippen LogP contribution is -2.36. The summed E-state index contributed by atoms with van der Waals surface area (Å²) in [5.41, 5.74) is 2.43. The van der Waals surface area contributed by atoms with Gasteiger partial charge in [-0.05, 0) is 44.5 Å². The first-order valence-electron chi connectivity index (χ1n) is 6.99. The van der Waals surface area contributed by atoms with E-state index < -0.39 is 8.56 Å². The average molecular weight is 282 g/mol. The predicted octanol–water partition coefficient (Wildman–Crippen LogP) is 3.69. The fourth-order valence-electron chi connectivity index (χ4n) is 2.02. The van der Waals surface area contributed by atoms with Crippen LogP contribution in [0, 0.1) is 6.92 Å². The number of para-hydroxylation sites is 1. The quantitative estimate of drug-likeness (QED) is 0.537. The van der Waals surface area contributed by atoms with Gasteiger partial charge in [0.25, 0.3) is 0 Å². The lowest BCUT2D eigenvalue weighted by molar-refractivity contribution is 0.152. The van der Waals surface area contributed by atoms with E-state index in [0.29, 0.717) is 19.8 Å². The van der Waals surface area contributed by atoms with Crippen LogP contribution in [0.5, 0.6) is 5.75 Å². The standard InChI is InChI=1S/C15H26O3Si/c1-6-14-10-8-9-13(3)15(14)16-11-12-18-19(4,5)17-7-2/h8-10H,6-7,11-12H2,1-5H3. The molecule has 0 aromatic heterocycles. The summed E-state index contributed by atoms with van der Waals surface area (Å²) in [6.45, 7) is 12.2. The number of hydrogen-bond donors (Lipinski definition) is 0. The monoisotopic (exact) mass is 282 g/mol. The maximum absolute atomic E-state index is 5.87. The van der Waals surface area contributed by atoms with Crippen molar-refractivity contribution in [2.75, 3.05) is 19.8 Å². The summed E-state index contributed by atoms with van der Waals surface area (Å²) in [6.07, 6.45) is 0.983. The summed E-state index contributed by atoms with van der Waals surface area (Å²) in [5.74, 6) is 1.00. The molecule has 0 amide bonds. The number of aryl methyl sites for hydroxylation is 2. The Morgan fingerprint density at radius 1 is 1.05 bits per heavy atom. The predicted molar refractivity (Wildman–Crippen MR) is 81.1 cm³/mol. The molecule has 1 rings (SSSR count). The van der Waals surface area contributed by atoms with Crippen molar-refractivity contribution in [3.05, 3.63) is 29.3 Å². The molecule has 0 N–H and O–H groups in total. The Morgan fingerprint density at radius 2 is 1.79 bits per heavy atom. The first kappa shape index (κ1) is 16.2. The Hall–Kier alpha value is -0.843. The number of benzene rings is 1. The molecule has 0 aliphatic carbocycles. The molecule has 0 saturated carbocycles. The third-order valence-corrected chi connectivity index (χ3v) is 4.83. The van der Waals surface area contributed by atoms with Crippen LogP contribution in [0.15, 0.2) is 18.2 Å². The molecular formula is C15H26O3Si. The molecule has 19 heavy (non-hydrogen) atoms. The van der Waals surface area contributed by atoms with E-state index in [9.17, 15) is 0 Å². The maximum Gasteiger partial charge on any atom is 0.331 e. The van der Waals surface area contributed by atoms with Gasteiger partial charge >= 0.3 is 8.56 Å². The summed E-state index contributed by atoms with van der Waals surface area (Å²) >= 11 is 0. The molecule has 0 fully saturated rings. The second-order valence-corrected chi connectivity index (χ2v) is 8.32. The van der Waals surface area contributed by atoms with Gasteiger partial charge in [-0.1, -0.05) is 25.1 Å². The van der Waals surface area contributed by atoms with Crippen molar-refractivity contribution >= 4 is 8.56 Å². The second-order valence-electron chi connectivity index (χ2n) is 4.95. The van der Waals surface area contributed by atoms with Crippen LogP contribution in [0.4, 0.5) is 0 Å². The normalized spacial score (nSPS) is 11.6. The smallest absolute Gasteiger partial charge is 0.331 e. The van der Waals surface area contributed by atoms with Gasteiger partial charge in [0, 0.05) is 6.61 Å². The van der Waals surface area contributed by atoms with Crippen molar-refractivity contribution in [3.63, 3.8) is 0 Å². The van der Waals surface area contributed by atoms with E-state index >= 15 is 0 Å². The topological polar surface area (TPSA) is 27.7 Å². The minimum atomic E-state index is -1.96. The van der Waals surface area contributed by atoms with E-state index in [-0.39, 0.29) is 0 Å². The highest BCUT2D eigenvalue weighted by molar-refractivity contribution is 6.64. The van der Waals surface area contributed by atoms with Crippen LogP contribution in [0.1, 0.15) is 25.0 Å². The van der Waals surface area contributed by atoms with Gasteiger partial charge in [-0.25, -0.2) is 0 Å². The van der Waals surface area contributed by atoms with E-state index in [1.165, 1.54) is 11.1 Å². The Labute approximate surface area is 118 Å². The zero-order valence-electron chi connectivity index (χ0n) is 12.8. The number of rotatable bonds is 8. The summed E-state index contributed by atoms with van der Waals surface area (Å²) in [5, 5.41) is 0. The van der Waals surface area contributed by atoms with Crippen LogP contribution >= 0.6 is 0 Å². The molecule has 0 aliphatic heterocycles. The third-order valence-electron chi connectivity index (χ3n) is 2.95. The molecule has 0 heterocycles. The van der Waals surface area contributed by atoms with Crippen LogP contribution in [0.2, 0.25) is 13.1 Å². The summed E-state index contributed by atoms with van der Waals surface area (Å²) in [6, 6.07) is 6.26. The molecule has 108 valence electrons. The molecule has 0 radical (unpaired) electrons. The van der Waals surface area contributed by atoms with Gasteiger partial charge in [-0.15, -0.1) is 0 Å². The van der Waals surface area contributed by atoms with Crippen LogP contribution in [0.25, 0.3) is 0 Å². The van der Waals surface area contributed by atoms with Gasteiger partial charge in [-0.2, -0.15) is 0 Å². The minimum absolute atomic E-state index is 0.571. The van der Waals surface area contributed by atoms with Crippen LogP contribution in [0.3, 0.4) is 0 Å². The number of hydrogen-bond acceptors (Lipinski definition) is 3. The van der Waals surface area contributed by atoms with Crippen molar-refractivity contribution in [2.24, 2.45) is 0 Å². The lowest BCUT2D eigenvalue weighted by Gasteiger charge is -2.22. The molecule has 4 heteroatoms. The van der Waals surface area contributed by atoms with E-state index in [1.54, 1.807) is 0 Å². The zero-order valence-corrected chi connectivity index (χ0v) is 13.8. The molecule has 1 aromatic rings. The van der Waals surface area contributed by atoms with Crippen molar-refractivity contribution in [1.82, 2.24) is 0 Å². The molecule has 0 saturated heterocycles. The second kappa shape index (κ2) is 7.67. The Morgan fingerprint density at radius 3 is 2.42 bits per heavy atom. The van der Waals surface area contributed by atoms with E-state index in [2.05, 4.69) is 45.1 Å². The molecule has 0 unspecified atom stereocenters. The van der Waals surface area contributed by atoms with Crippen LogP contribution in [-0.4, -0.2) is 28.4 Å². The Bertz CT molecular complexity index is 391. The minimum Gasteiger partial charge on any atom is -0.491 e. The van der Waals surface area contributed by atoms with Gasteiger partial charge < -0.3 is 13.6 Å². The fourth-order valence-corrected chi connectivity index (χ4v) is 3.37. The highest BCUT2D eigenvalue weighted by Gasteiger charge is 2.23. The zero-order chi connectivity index (χ0) is 14.3. The van der Waals surface area contributed by atoms with Gasteiger partial charge in [0.05, 0.1) is 6.61 Å². The van der Waals surface area contributed by atoms with Crippen molar-refractivity contribution in [1.29, 1.82) is 0 Å². The first-order chi connectivity index (χ1) is 9.00. The summed E-state index contributed by atoms with van der Waals surface area (Å²) in [7, 11) is -1.96. The number of ether oxygens (including phenoxy) is 1. The van der Waals surface area contributed by atoms with Gasteiger partial charge in [-0.3, -0.25) is 0 Å². The molecule has 0 bridgehead atoms. The fraction of sp³-hybridized carbons (Fsp3) is 0.600. The molecule has 3 nitrogen and oxygen atoms in total. The van der Waals surface area contributed by atoms with E-state index in [1.807, 2.05) is 6.92 Å². The largest absolute Gasteiger partial charge is 0.491 e. The Balaban J connectivity index is 2.46. The molecule has 0 aliphatic rings. The van der Waals surface area contributed by atoms with Crippen molar-refractivity contribution in [3.8, 4) is 5.75 Å². The molecular weight excluding hydrogens is 256 g/mol. The van der Waals surface area contributed by atoms with Crippen LogP contribution < -0.4 is 4.74 Å². The van der Waals surface area contributed by atoms with E-state index in [4.69, 9.17) is 13.6 Å². The van der Waals surface area contributed by atoms with Gasteiger partial charge in [0.2, 0.25) is 0 Å². The highest BCUT2D eigenvalue weighted by Crippen LogP contribution is 2.23.